The number of likely N-dealkylation sites (tertiary alicyclic amines) is 1. The number of amides is 2. The highest BCUT2D eigenvalue weighted by Crippen LogP contribution is 2.52. The molecule has 2 aliphatic carbocycles. The summed E-state index contributed by atoms with van der Waals surface area (Å²) in [5.74, 6) is 6.95. The molecular weight excluding hydrogens is 270 g/mol. The van der Waals surface area contributed by atoms with Gasteiger partial charge < -0.3 is 4.74 Å². The summed E-state index contributed by atoms with van der Waals surface area (Å²) < 4.78 is 5.27. The number of fused-ring (bicyclic) bond motifs is 1. The second kappa shape index (κ2) is 5.88. The second-order valence-electron chi connectivity index (χ2n) is 5.98. The zero-order chi connectivity index (χ0) is 14.8. The van der Waals surface area contributed by atoms with Crippen molar-refractivity contribution < 1.29 is 19.1 Å². The van der Waals surface area contributed by atoms with Crippen molar-refractivity contribution in [2.24, 2.45) is 17.8 Å². The molecule has 0 aromatic rings. The highest BCUT2D eigenvalue weighted by atomic mass is 16.5. The van der Waals surface area contributed by atoms with E-state index in [2.05, 4.69) is 11.8 Å². The summed E-state index contributed by atoms with van der Waals surface area (Å²) in [5, 5.41) is 0. The molecular formula is C16H19NO4. The molecule has 1 saturated heterocycles. The first-order valence-electron chi connectivity index (χ1n) is 7.61. The fourth-order valence-corrected chi connectivity index (χ4v) is 3.45. The average Bonchev–Trinajstić information content (AvgIpc) is 2.98. The summed E-state index contributed by atoms with van der Waals surface area (Å²) in [4.78, 5) is 35.6. The maximum atomic E-state index is 11.8. The zero-order valence-electron chi connectivity index (χ0n) is 12.0. The van der Waals surface area contributed by atoms with Crippen LogP contribution in [0.2, 0.25) is 0 Å². The van der Waals surface area contributed by atoms with Gasteiger partial charge in [0.25, 0.3) is 0 Å². The van der Waals surface area contributed by atoms with Crippen molar-refractivity contribution in [2.45, 2.75) is 38.5 Å². The number of ether oxygens (including phenoxy) is 1. The number of carbonyl (C=O) groups excluding carboxylic acids is 3. The number of hydrogen-bond acceptors (Lipinski definition) is 4. The van der Waals surface area contributed by atoms with Gasteiger partial charge in [-0.3, -0.25) is 19.3 Å². The van der Waals surface area contributed by atoms with Crippen molar-refractivity contribution in [3.05, 3.63) is 0 Å². The average molecular weight is 289 g/mol. The number of carbonyl (C=O) groups is 3. The van der Waals surface area contributed by atoms with Crippen LogP contribution in [0, 0.1) is 29.6 Å². The van der Waals surface area contributed by atoms with Crippen LogP contribution >= 0.6 is 0 Å². The monoisotopic (exact) mass is 289 g/mol. The number of imide groups is 1. The Morgan fingerprint density at radius 1 is 1.10 bits per heavy atom. The van der Waals surface area contributed by atoms with Gasteiger partial charge in [-0.2, -0.15) is 0 Å². The van der Waals surface area contributed by atoms with Crippen molar-refractivity contribution in [2.75, 3.05) is 13.2 Å². The third kappa shape index (κ3) is 3.10. The van der Waals surface area contributed by atoms with E-state index in [0.29, 0.717) is 24.4 Å². The Morgan fingerprint density at radius 2 is 1.67 bits per heavy atom. The minimum absolute atomic E-state index is 0.207. The lowest BCUT2D eigenvalue weighted by Gasteiger charge is -2.12. The number of nitrogens with zero attached hydrogens (tertiary/aromatic N) is 1. The van der Waals surface area contributed by atoms with Gasteiger partial charge in [0.15, 0.2) is 0 Å². The van der Waals surface area contributed by atoms with Gasteiger partial charge in [-0.1, -0.05) is 0 Å². The Balaban J connectivity index is 1.43. The van der Waals surface area contributed by atoms with Gasteiger partial charge in [-0.05, 0) is 30.6 Å². The van der Waals surface area contributed by atoms with E-state index < -0.39 is 5.97 Å². The molecule has 3 rings (SSSR count). The van der Waals surface area contributed by atoms with Crippen LogP contribution in [-0.2, 0) is 19.1 Å². The summed E-state index contributed by atoms with van der Waals surface area (Å²) in [6.07, 6.45) is 4.45. The normalized spacial score (nSPS) is 30.9. The van der Waals surface area contributed by atoms with Crippen LogP contribution in [-0.4, -0.2) is 35.8 Å². The molecule has 1 heterocycles. The molecule has 0 aromatic heterocycles. The summed E-state index contributed by atoms with van der Waals surface area (Å²) in [6, 6.07) is 0. The molecule has 2 fully saturated rings. The van der Waals surface area contributed by atoms with Crippen LogP contribution in [0.1, 0.15) is 38.5 Å². The molecule has 0 N–H and O–H groups in total. The number of hydrogen-bond donors (Lipinski definition) is 0. The van der Waals surface area contributed by atoms with Crippen molar-refractivity contribution in [1.82, 2.24) is 4.90 Å². The zero-order valence-corrected chi connectivity index (χ0v) is 12.0. The first kappa shape index (κ1) is 14.1. The van der Waals surface area contributed by atoms with Gasteiger partial charge >= 0.3 is 5.97 Å². The van der Waals surface area contributed by atoms with E-state index in [1.54, 1.807) is 0 Å². The lowest BCUT2D eigenvalue weighted by atomic mass is 10.1. The topological polar surface area (TPSA) is 63.7 Å². The quantitative estimate of drug-likeness (QED) is 0.442. The number of esters is 1. The Morgan fingerprint density at radius 3 is 2.24 bits per heavy atom. The van der Waals surface area contributed by atoms with E-state index in [4.69, 9.17) is 4.74 Å². The molecule has 3 aliphatic rings. The molecule has 2 amide bonds. The standard InChI is InChI=1S/C16H19NO4/c18-14-7-8-15(19)17(14)9-16(20)21-10-13-11-5-3-1-2-4-6-12(11)13/h11-13H,3-10H2/t11-,12+,13?. The van der Waals surface area contributed by atoms with Crippen LogP contribution in [0.3, 0.4) is 0 Å². The lowest BCUT2D eigenvalue weighted by molar-refractivity contribution is -0.152. The highest BCUT2D eigenvalue weighted by Gasteiger charge is 2.49. The fraction of sp³-hybridized carbons (Fsp3) is 0.688. The largest absolute Gasteiger partial charge is 0.464 e. The predicted octanol–water partition coefficient (Wildman–Crippen LogP) is 1.12. The molecule has 0 radical (unpaired) electrons. The van der Waals surface area contributed by atoms with Crippen LogP contribution in [0.5, 0.6) is 0 Å². The van der Waals surface area contributed by atoms with Gasteiger partial charge in [0.2, 0.25) is 11.8 Å². The van der Waals surface area contributed by atoms with Gasteiger partial charge in [0.1, 0.15) is 6.54 Å². The van der Waals surface area contributed by atoms with Crippen LogP contribution in [0.15, 0.2) is 0 Å². The Labute approximate surface area is 124 Å². The second-order valence-corrected chi connectivity index (χ2v) is 5.98. The van der Waals surface area contributed by atoms with E-state index in [0.717, 1.165) is 30.6 Å². The van der Waals surface area contributed by atoms with E-state index in [1.807, 2.05) is 0 Å². The summed E-state index contributed by atoms with van der Waals surface area (Å²) >= 11 is 0. The molecule has 112 valence electrons. The summed E-state index contributed by atoms with van der Waals surface area (Å²) in [7, 11) is 0. The molecule has 1 aliphatic heterocycles. The third-order valence-corrected chi connectivity index (χ3v) is 4.72. The molecule has 1 saturated carbocycles. The Kier molecular flexibility index (Phi) is 3.96. The lowest BCUT2D eigenvalue weighted by Crippen LogP contribution is -2.35. The van der Waals surface area contributed by atoms with Gasteiger partial charge in [-0.15, -0.1) is 11.8 Å². The third-order valence-electron chi connectivity index (χ3n) is 4.72. The maximum Gasteiger partial charge on any atom is 0.326 e. The van der Waals surface area contributed by atoms with Crippen LogP contribution in [0.25, 0.3) is 0 Å². The molecule has 0 spiro atoms. The van der Waals surface area contributed by atoms with Gasteiger partial charge in [0.05, 0.1) is 6.61 Å². The molecule has 21 heavy (non-hydrogen) atoms. The van der Waals surface area contributed by atoms with Crippen LogP contribution < -0.4 is 0 Å². The first-order valence-corrected chi connectivity index (χ1v) is 7.61. The molecule has 3 atom stereocenters. The predicted molar refractivity (Wildman–Crippen MR) is 73.6 cm³/mol. The molecule has 0 aromatic carbocycles. The van der Waals surface area contributed by atoms with Gasteiger partial charge in [0, 0.05) is 25.7 Å². The summed E-state index contributed by atoms with van der Waals surface area (Å²) in [6.45, 7) is 0.174. The number of rotatable bonds is 4. The molecule has 5 nitrogen and oxygen atoms in total. The maximum absolute atomic E-state index is 11.8. The fourth-order valence-electron chi connectivity index (χ4n) is 3.45. The first-order chi connectivity index (χ1) is 10.2. The van der Waals surface area contributed by atoms with Crippen molar-refractivity contribution in [1.29, 1.82) is 0 Å². The van der Waals surface area contributed by atoms with Crippen molar-refractivity contribution in [3.63, 3.8) is 0 Å². The minimum Gasteiger partial charge on any atom is -0.464 e. The van der Waals surface area contributed by atoms with Crippen molar-refractivity contribution in [3.8, 4) is 11.8 Å². The Hall–Kier alpha value is -1.83. The van der Waals surface area contributed by atoms with E-state index in [1.165, 1.54) is 0 Å². The molecule has 5 heteroatoms. The van der Waals surface area contributed by atoms with E-state index >= 15 is 0 Å². The SMILES string of the molecule is O=C(CN1C(=O)CCC1=O)OCC1[C@H]2CCC#CCC[C@@H]12. The molecule has 1 unspecified atom stereocenters. The van der Waals surface area contributed by atoms with E-state index in [-0.39, 0.29) is 31.2 Å². The smallest absolute Gasteiger partial charge is 0.326 e. The molecule has 0 bridgehead atoms. The summed E-state index contributed by atoms with van der Waals surface area (Å²) in [5.41, 5.74) is 0. The van der Waals surface area contributed by atoms with Crippen molar-refractivity contribution >= 4 is 17.8 Å². The Bertz CT molecular complexity index is 496. The minimum atomic E-state index is -0.478. The van der Waals surface area contributed by atoms with Crippen LogP contribution in [0.4, 0.5) is 0 Å². The van der Waals surface area contributed by atoms with Gasteiger partial charge in [-0.25, -0.2) is 0 Å². The van der Waals surface area contributed by atoms with E-state index in [9.17, 15) is 14.4 Å². The highest BCUT2D eigenvalue weighted by molar-refractivity contribution is 6.04.